The number of rotatable bonds is 5. The summed E-state index contributed by atoms with van der Waals surface area (Å²) in [5.41, 5.74) is 4.10. The van der Waals surface area contributed by atoms with Crippen LogP contribution in [0.2, 0.25) is 0 Å². The molecule has 1 aromatic heterocycles. The second-order valence-electron chi connectivity index (χ2n) is 9.51. The van der Waals surface area contributed by atoms with Crippen molar-refractivity contribution in [1.29, 1.82) is 0 Å². The van der Waals surface area contributed by atoms with Crippen LogP contribution in [0.15, 0.2) is 79.0 Å². The van der Waals surface area contributed by atoms with Crippen molar-refractivity contribution in [2.24, 2.45) is 5.92 Å². The first-order valence-electron chi connectivity index (χ1n) is 12.0. The molecule has 1 aliphatic carbocycles. The van der Waals surface area contributed by atoms with Crippen LogP contribution < -0.4 is 10.2 Å². The Kier molecular flexibility index (Phi) is 5.09. The summed E-state index contributed by atoms with van der Waals surface area (Å²) in [7, 11) is 0. The number of nitrogens with one attached hydrogen (secondary N) is 1. The molecule has 2 fully saturated rings. The second-order valence-corrected chi connectivity index (χ2v) is 9.51. The fourth-order valence-electron chi connectivity index (χ4n) is 5.29. The number of benzene rings is 3. The average Bonchev–Trinajstić information content (AvgIpc) is 3.55. The Morgan fingerprint density at radius 1 is 1.00 bits per heavy atom. The van der Waals surface area contributed by atoms with Gasteiger partial charge < -0.3 is 10.2 Å². The molecule has 4 aromatic rings. The van der Waals surface area contributed by atoms with Crippen LogP contribution in [-0.4, -0.2) is 27.8 Å². The van der Waals surface area contributed by atoms with Gasteiger partial charge in [-0.2, -0.15) is 5.10 Å². The molecule has 1 saturated heterocycles. The quantitative estimate of drug-likeness (QED) is 0.439. The van der Waals surface area contributed by atoms with Gasteiger partial charge in [0.1, 0.15) is 5.82 Å². The summed E-state index contributed by atoms with van der Waals surface area (Å²) in [6, 6.07) is 23.6. The van der Waals surface area contributed by atoms with Gasteiger partial charge in [0.25, 0.3) is 0 Å². The van der Waals surface area contributed by atoms with E-state index in [9.17, 15) is 9.18 Å². The van der Waals surface area contributed by atoms with Crippen LogP contribution in [0.4, 0.5) is 10.1 Å². The minimum Gasteiger partial charge on any atom is -0.360 e. The molecule has 2 aliphatic rings. The number of anilines is 1. The highest BCUT2D eigenvalue weighted by Crippen LogP contribution is 2.42. The van der Waals surface area contributed by atoms with E-state index in [1.807, 2.05) is 16.9 Å². The number of aromatic nitrogens is 2. The molecule has 1 saturated carbocycles. The third-order valence-corrected chi connectivity index (χ3v) is 7.09. The summed E-state index contributed by atoms with van der Waals surface area (Å²) < 4.78 is 15.2. The van der Waals surface area contributed by atoms with E-state index in [2.05, 4.69) is 64.7 Å². The number of carbonyl (C=O) groups excluding carboxylic acids is 1. The Balaban J connectivity index is 1.37. The van der Waals surface area contributed by atoms with E-state index < -0.39 is 0 Å². The Morgan fingerprint density at radius 2 is 1.74 bits per heavy atom. The first kappa shape index (κ1) is 20.9. The average molecular weight is 455 g/mol. The number of hydrogen-bond acceptors (Lipinski definition) is 3. The SMILES string of the molecule is C[C@@H]1C[C@H](NC(=O)C2CC2)[C@@H](c2ccccc2)N1c1ccc2c(cnn2-c2ccc(F)cc2)c1. The van der Waals surface area contributed by atoms with Gasteiger partial charge in [0.2, 0.25) is 5.91 Å². The van der Waals surface area contributed by atoms with Crippen LogP contribution >= 0.6 is 0 Å². The van der Waals surface area contributed by atoms with Crippen LogP contribution in [0.25, 0.3) is 16.6 Å². The van der Waals surface area contributed by atoms with Crippen molar-refractivity contribution in [2.45, 2.75) is 44.3 Å². The number of halogens is 1. The molecule has 0 spiro atoms. The minimum absolute atomic E-state index is 0.0585. The Hall–Kier alpha value is -3.67. The lowest BCUT2D eigenvalue weighted by Crippen LogP contribution is -2.40. The number of hydrogen-bond donors (Lipinski definition) is 1. The normalized spacial score (nSPS) is 22.3. The predicted octanol–water partition coefficient (Wildman–Crippen LogP) is 5.40. The molecule has 6 rings (SSSR count). The smallest absolute Gasteiger partial charge is 0.223 e. The molecular formula is C28H27FN4O. The second kappa shape index (κ2) is 8.28. The topological polar surface area (TPSA) is 50.2 Å². The van der Waals surface area contributed by atoms with Gasteiger partial charge in [-0.15, -0.1) is 0 Å². The number of nitrogens with zero attached hydrogens (tertiary/aromatic N) is 3. The van der Waals surface area contributed by atoms with E-state index in [-0.39, 0.29) is 35.8 Å². The van der Waals surface area contributed by atoms with Gasteiger partial charge in [-0.05, 0) is 74.2 Å². The Bertz CT molecular complexity index is 1330. The zero-order valence-electron chi connectivity index (χ0n) is 19.1. The highest BCUT2D eigenvalue weighted by molar-refractivity contribution is 5.85. The highest BCUT2D eigenvalue weighted by Gasteiger charge is 2.42. The molecule has 172 valence electrons. The van der Waals surface area contributed by atoms with Crippen molar-refractivity contribution in [3.05, 3.63) is 90.4 Å². The summed E-state index contributed by atoms with van der Waals surface area (Å²) in [5.74, 6) is 0.117. The minimum atomic E-state index is -0.263. The monoisotopic (exact) mass is 454 g/mol. The fourth-order valence-corrected chi connectivity index (χ4v) is 5.29. The maximum atomic E-state index is 13.4. The molecular weight excluding hydrogens is 427 g/mol. The number of amides is 1. The molecule has 3 atom stereocenters. The number of fused-ring (bicyclic) bond motifs is 1. The van der Waals surface area contributed by atoms with Crippen molar-refractivity contribution in [3.8, 4) is 5.69 Å². The first-order valence-corrected chi connectivity index (χ1v) is 12.0. The summed E-state index contributed by atoms with van der Waals surface area (Å²) >= 11 is 0. The fraction of sp³-hybridized carbons (Fsp3) is 0.286. The van der Waals surface area contributed by atoms with Crippen molar-refractivity contribution in [1.82, 2.24) is 15.1 Å². The lowest BCUT2D eigenvalue weighted by Gasteiger charge is -2.33. The zero-order valence-corrected chi connectivity index (χ0v) is 19.1. The van der Waals surface area contributed by atoms with Gasteiger partial charge in [0.15, 0.2) is 0 Å². The van der Waals surface area contributed by atoms with Crippen molar-refractivity contribution < 1.29 is 9.18 Å². The third kappa shape index (κ3) is 3.73. The van der Waals surface area contributed by atoms with E-state index >= 15 is 0 Å². The zero-order chi connectivity index (χ0) is 23.2. The van der Waals surface area contributed by atoms with Crippen LogP contribution in [0, 0.1) is 11.7 Å². The molecule has 3 aromatic carbocycles. The van der Waals surface area contributed by atoms with Crippen molar-refractivity contribution in [2.75, 3.05) is 4.90 Å². The van der Waals surface area contributed by atoms with E-state index in [1.54, 1.807) is 12.1 Å². The van der Waals surface area contributed by atoms with E-state index in [0.29, 0.717) is 0 Å². The van der Waals surface area contributed by atoms with Crippen LogP contribution in [0.5, 0.6) is 0 Å². The molecule has 5 nitrogen and oxygen atoms in total. The predicted molar refractivity (Wildman–Crippen MR) is 131 cm³/mol. The standard InChI is InChI=1S/C28H27FN4O/c1-18-15-25(31-28(34)20-7-8-20)27(19-5-3-2-4-6-19)32(18)24-13-14-26-21(16-24)17-30-33(26)23-11-9-22(29)10-12-23/h2-6,9-14,16-18,20,25,27H,7-8,15H2,1H3,(H,31,34)/t18-,25+,27-/m1/s1. The molecule has 6 heteroatoms. The molecule has 1 N–H and O–H groups in total. The molecule has 34 heavy (non-hydrogen) atoms. The maximum absolute atomic E-state index is 13.4. The van der Waals surface area contributed by atoms with Gasteiger partial charge in [-0.1, -0.05) is 30.3 Å². The van der Waals surface area contributed by atoms with E-state index in [4.69, 9.17) is 0 Å². The Morgan fingerprint density at radius 3 is 2.47 bits per heavy atom. The van der Waals surface area contributed by atoms with Gasteiger partial charge >= 0.3 is 0 Å². The van der Waals surface area contributed by atoms with Crippen molar-refractivity contribution in [3.63, 3.8) is 0 Å². The van der Waals surface area contributed by atoms with E-state index in [1.165, 1.54) is 17.7 Å². The van der Waals surface area contributed by atoms with Gasteiger partial charge in [-0.25, -0.2) is 9.07 Å². The molecule has 1 aliphatic heterocycles. The Labute approximate surface area is 198 Å². The summed E-state index contributed by atoms with van der Waals surface area (Å²) in [6.45, 7) is 2.23. The van der Waals surface area contributed by atoms with Crippen LogP contribution in [0.3, 0.4) is 0 Å². The van der Waals surface area contributed by atoms with Crippen molar-refractivity contribution >= 4 is 22.5 Å². The van der Waals surface area contributed by atoms with Crippen LogP contribution in [0.1, 0.15) is 37.8 Å². The largest absolute Gasteiger partial charge is 0.360 e. The molecule has 0 radical (unpaired) electrons. The summed E-state index contributed by atoms with van der Waals surface area (Å²) in [5, 5.41) is 8.94. The molecule has 0 bridgehead atoms. The van der Waals surface area contributed by atoms with Gasteiger partial charge in [0.05, 0.1) is 29.5 Å². The highest BCUT2D eigenvalue weighted by atomic mass is 19.1. The van der Waals surface area contributed by atoms with Gasteiger partial charge in [-0.3, -0.25) is 4.79 Å². The number of carbonyl (C=O) groups is 1. The lowest BCUT2D eigenvalue weighted by molar-refractivity contribution is -0.123. The maximum Gasteiger partial charge on any atom is 0.223 e. The van der Waals surface area contributed by atoms with Gasteiger partial charge in [0, 0.05) is 23.0 Å². The summed E-state index contributed by atoms with van der Waals surface area (Å²) in [4.78, 5) is 15.1. The van der Waals surface area contributed by atoms with Crippen LogP contribution in [-0.2, 0) is 4.79 Å². The molecule has 1 amide bonds. The molecule has 0 unspecified atom stereocenters. The first-order chi connectivity index (χ1) is 16.6. The molecule has 2 heterocycles. The summed E-state index contributed by atoms with van der Waals surface area (Å²) in [6.07, 6.45) is 4.75. The third-order valence-electron chi connectivity index (χ3n) is 7.09. The van der Waals surface area contributed by atoms with E-state index in [0.717, 1.165) is 41.5 Å². The lowest BCUT2D eigenvalue weighted by atomic mass is 9.99.